The normalized spacial score (nSPS) is 16.8. The summed E-state index contributed by atoms with van der Waals surface area (Å²) in [4.78, 5) is 17.6. The second kappa shape index (κ2) is 10.9. The highest BCUT2D eigenvalue weighted by Gasteiger charge is 2.34. The van der Waals surface area contributed by atoms with Crippen LogP contribution in [0, 0.1) is 0 Å². The summed E-state index contributed by atoms with van der Waals surface area (Å²) in [5.41, 5.74) is 5.13. The predicted octanol–water partition coefficient (Wildman–Crippen LogP) is 3.39. The molecule has 3 N–H and O–H groups in total. The number of ether oxygens (including phenoxy) is 2. The maximum atomic E-state index is 13.1. The number of halogens is 3. The van der Waals surface area contributed by atoms with Gasteiger partial charge in [0.1, 0.15) is 11.9 Å². The lowest BCUT2D eigenvalue weighted by Crippen LogP contribution is -2.48. The fraction of sp³-hybridized carbons (Fsp3) is 0.600. The van der Waals surface area contributed by atoms with Gasteiger partial charge in [0.2, 0.25) is 0 Å². The van der Waals surface area contributed by atoms with Crippen LogP contribution < -0.4 is 15.8 Å². The average Bonchev–Trinajstić information content (AvgIpc) is 2.71. The molecule has 1 aliphatic rings. The summed E-state index contributed by atoms with van der Waals surface area (Å²) < 4.78 is 49.9. The number of amides is 1. The molecule has 1 unspecified atom stereocenters. The molecule has 10 heteroatoms. The Morgan fingerprint density at radius 1 is 1.30 bits per heavy atom. The van der Waals surface area contributed by atoms with Gasteiger partial charge in [-0.1, -0.05) is 19.1 Å². The summed E-state index contributed by atoms with van der Waals surface area (Å²) in [6, 6.07) is 5.17. The molecule has 2 rings (SSSR count). The number of guanidine groups is 1. The second-order valence-corrected chi connectivity index (χ2v) is 6.97. The quantitative estimate of drug-likeness (QED) is 0.511. The fourth-order valence-electron chi connectivity index (χ4n) is 3.11. The molecule has 1 saturated heterocycles. The minimum absolute atomic E-state index is 0.0615. The monoisotopic (exact) mass is 430 g/mol. The lowest BCUT2D eigenvalue weighted by atomic mass is 10.1. The van der Waals surface area contributed by atoms with Crippen molar-refractivity contribution in [1.29, 1.82) is 0 Å². The van der Waals surface area contributed by atoms with E-state index in [-0.39, 0.29) is 30.4 Å². The molecule has 0 spiro atoms. The lowest BCUT2D eigenvalue weighted by Gasteiger charge is -2.31. The number of nitrogens with one attached hydrogen (secondary N) is 1. The minimum atomic E-state index is -4.49. The maximum absolute atomic E-state index is 13.1. The number of nitrogens with two attached hydrogens (primary N) is 1. The summed E-state index contributed by atoms with van der Waals surface area (Å²) in [6.45, 7) is 5.15. The Bertz CT molecular complexity index is 719. The zero-order valence-electron chi connectivity index (χ0n) is 17.2. The van der Waals surface area contributed by atoms with Gasteiger partial charge in [-0.15, -0.1) is 0 Å². The SMILES string of the molecule is CCOC(=O)N1CCC(NC(N)=NCC(CC)Oc2ccccc2C(F)(F)F)CC1. The third-order valence-electron chi connectivity index (χ3n) is 4.78. The molecule has 1 aromatic rings. The van der Waals surface area contributed by atoms with E-state index in [0.29, 0.717) is 39.0 Å². The third kappa shape index (κ3) is 7.00. The van der Waals surface area contributed by atoms with E-state index >= 15 is 0 Å². The van der Waals surface area contributed by atoms with E-state index in [4.69, 9.17) is 15.2 Å². The topological polar surface area (TPSA) is 89.2 Å². The summed E-state index contributed by atoms with van der Waals surface area (Å²) >= 11 is 0. The standard InChI is InChI=1S/C20H29F3N4O3/c1-3-15(30-17-8-6-5-7-16(17)20(21,22)23)13-25-18(24)26-14-9-11-27(12-10-14)19(28)29-4-2/h5-8,14-15H,3-4,9-13H2,1-2H3,(H3,24,25,26). The number of para-hydroxylation sites is 1. The van der Waals surface area contributed by atoms with Gasteiger partial charge in [0.25, 0.3) is 0 Å². The summed E-state index contributed by atoms with van der Waals surface area (Å²) in [6.07, 6.45) is -3.49. The number of alkyl halides is 3. The van der Waals surface area contributed by atoms with Crippen molar-refractivity contribution in [2.45, 2.75) is 51.4 Å². The van der Waals surface area contributed by atoms with Gasteiger partial charge in [-0.05, 0) is 38.3 Å². The van der Waals surface area contributed by atoms with E-state index in [2.05, 4.69) is 10.3 Å². The zero-order chi connectivity index (χ0) is 22.1. The highest BCUT2D eigenvalue weighted by molar-refractivity contribution is 5.78. The molecule has 1 heterocycles. The number of hydrogen-bond donors (Lipinski definition) is 2. The van der Waals surface area contributed by atoms with Gasteiger partial charge < -0.3 is 25.4 Å². The first kappa shape index (κ1) is 23.6. The van der Waals surface area contributed by atoms with Crippen LogP contribution in [0.3, 0.4) is 0 Å². The largest absolute Gasteiger partial charge is 0.488 e. The number of aliphatic imine (C=N–C) groups is 1. The highest BCUT2D eigenvalue weighted by Crippen LogP contribution is 2.36. The Labute approximate surface area is 174 Å². The fourth-order valence-corrected chi connectivity index (χ4v) is 3.11. The van der Waals surface area contributed by atoms with E-state index < -0.39 is 17.8 Å². The first-order valence-corrected chi connectivity index (χ1v) is 10.1. The van der Waals surface area contributed by atoms with Crippen molar-refractivity contribution in [2.24, 2.45) is 10.7 Å². The molecule has 0 bridgehead atoms. The van der Waals surface area contributed by atoms with E-state index in [9.17, 15) is 18.0 Å². The molecule has 30 heavy (non-hydrogen) atoms. The van der Waals surface area contributed by atoms with Gasteiger partial charge in [0.15, 0.2) is 5.96 Å². The van der Waals surface area contributed by atoms with Crippen LogP contribution in [-0.2, 0) is 10.9 Å². The molecule has 168 valence electrons. The van der Waals surface area contributed by atoms with Crippen molar-refractivity contribution in [3.05, 3.63) is 29.8 Å². The molecular formula is C20H29F3N4O3. The lowest BCUT2D eigenvalue weighted by molar-refractivity contribution is -0.139. The van der Waals surface area contributed by atoms with Crippen molar-refractivity contribution in [3.63, 3.8) is 0 Å². The molecule has 1 fully saturated rings. The Morgan fingerprint density at radius 3 is 2.57 bits per heavy atom. The molecule has 0 aromatic heterocycles. The summed E-state index contributed by atoms with van der Waals surface area (Å²) in [5, 5.41) is 3.10. The van der Waals surface area contributed by atoms with E-state index in [0.717, 1.165) is 6.07 Å². The van der Waals surface area contributed by atoms with Gasteiger partial charge in [0, 0.05) is 19.1 Å². The summed E-state index contributed by atoms with van der Waals surface area (Å²) in [7, 11) is 0. The molecule has 0 aliphatic carbocycles. The van der Waals surface area contributed by atoms with E-state index in [1.54, 1.807) is 11.8 Å². The van der Waals surface area contributed by atoms with Crippen LogP contribution in [0.1, 0.15) is 38.7 Å². The number of nitrogens with zero attached hydrogens (tertiary/aromatic N) is 2. The maximum Gasteiger partial charge on any atom is 0.419 e. The molecule has 0 saturated carbocycles. The van der Waals surface area contributed by atoms with Gasteiger partial charge in [-0.3, -0.25) is 0 Å². The third-order valence-corrected chi connectivity index (χ3v) is 4.78. The van der Waals surface area contributed by atoms with Crippen LogP contribution in [0.15, 0.2) is 29.3 Å². The van der Waals surface area contributed by atoms with Crippen LogP contribution in [0.4, 0.5) is 18.0 Å². The number of carbonyl (C=O) groups is 1. The summed E-state index contributed by atoms with van der Waals surface area (Å²) in [5.74, 6) is -0.0133. The first-order valence-electron chi connectivity index (χ1n) is 10.1. The zero-order valence-corrected chi connectivity index (χ0v) is 17.2. The number of benzene rings is 1. The number of hydrogen-bond acceptors (Lipinski definition) is 4. The molecule has 1 amide bonds. The van der Waals surface area contributed by atoms with Crippen LogP contribution in [0.5, 0.6) is 5.75 Å². The average molecular weight is 430 g/mol. The molecular weight excluding hydrogens is 401 g/mol. The minimum Gasteiger partial charge on any atom is -0.488 e. The van der Waals surface area contributed by atoms with E-state index in [1.807, 2.05) is 6.92 Å². The molecule has 0 radical (unpaired) electrons. The van der Waals surface area contributed by atoms with Crippen LogP contribution in [0.2, 0.25) is 0 Å². The Hall–Kier alpha value is -2.65. The van der Waals surface area contributed by atoms with Gasteiger partial charge in [-0.2, -0.15) is 13.2 Å². The molecule has 1 aromatic carbocycles. The van der Waals surface area contributed by atoms with Crippen LogP contribution in [0.25, 0.3) is 0 Å². The smallest absolute Gasteiger partial charge is 0.419 e. The van der Waals surface area contributed by atoms with Gasteiger partial charge >= 0.3 is 12.3 Å². The number of carbonyl (C=O) groups excluding carboxylic acids is 1. The first-order chi connectivity index (χ1) is 14.2. The van der Waals surface area contributed by atoms with Crippen molar-refractivity contribution < 1.29 is 27.4 Å². The second-order valence-electron chi connectivity index (χ2n) is 6.97. The molecule has 1 aliphatic heterocycles. The number of likely N-dealkylation sites (tertiary alicyclic amines) is 1. The predicted molar refractivity (Wildman–Crippen MR) is 107 cm³/mol. The van der Waals surface area contributed by atoms with Crippen LogP contribution >= 0.6 is 0 Å². The van der Waals surface area contributed by atoms with Crippen molar-refractivity contribution in [1.82, 2.24) is 10.2 Å². The number of piperidine rings is 1. The van der Waals surface area contributed by atoms with Gasteiger partial charge in [-0.25, -0.2) is 9.79 Å². The van der Waals surface area contributed by atoms with Crippen molar-refractivity contribution in [2.75, 3.05) is 26.2 Å². The van der Waals surface area contributed by atoms with Gasteiger partial charge in [0.05, 0.1) is 18.7 Å². The van der Waals surface area contributed by atoms with Crippen LogP contribution in [-0.4, -0.2) is 55.3 Å². The van der Waals surface area contributed by atoms with E-state index in [1.165, 1.54) is 18.2 Å². The molecule has 7 nitrogen and oxygen atoms in total. The molecule has 1 atom stereocenters. The highest BCUT2D eigenvalue weighted by atomic mass is 19.4. The Morgan fingerprint density at radius 2 is 1.97 bits per heavy atom. The number of rotatable bonds is 7. The van der Waals surface area contributed by atoms with Crippen molar-refractivity contribution in [3.8, 4) is 5.75 Å². The Kier molecular flexibility index (Phi) is 8.61. The van der Waals surface area contributed by atoms with Crippen molar-refractivity contribution >= 4 is 12.1 Å². The Balaban J connectivity index is 1.87.